The highest BCUT2D eigenvalue weighted by Gasteiger charge is 2.19. The molecule has 0 aromatic heterocycles. The summed E-state index contributed by atoms with van der Waals surface area (Å²) in [6.07, 6.45) is 0. The number of ether oxygens (including phenoxy) is 1. The highest BCUT2D eigenvalue weighted by molar-refractivity contribution is 6.08. The van der Waals surface area contributed by atoms with Crippen molar-refractivity contribution in [3.8, 4) is 0 Å². The van der Waals surface area contributed by atoms with E-state index in [1.165, 1.54) is 0 Å². The lowest BCUT2D eigenvalue weighted by atomic mass is 10.1. The van der Waals surface area contributed by atoms with Crippen molar-refractivity contribution < 1.29 is 14.3 Å². The third-order valence-electron chi connectivity index (χ3n) is 5.16. The second-order valence-electron chi connectivity index (χ2n) is 7.32. The van der Waals surface area contributed by atoms with E-state index in [1.54, 1.807) is 35.2 Å². The van der Waals surface area contributed by atoms with E-state index in [0.717, 1.165) is 11.3 Å². The van der Waals surface area contributed by atoms with E-state index in [2.05, 4.69) is 10.6 Å². The van der Waals surface area contributed by atoms with Gasteiger partial charge in [-0.1, -0.05) is 48.5 Å². The Balaban J connectivity index is 1.45. The van der Waals surface area contributed by atoms with E-state index < -0.39 is 0 Å². The minimum atomic E-state index is -0.230. The number of hydrogen-bond acceptors (Lipinski definition) is 4. The molecular formula is C25H25N3O3. The van der Waals surface area contributed by atoms with Crippen LogP contribution in [0.2, 0.25) is 0 Å². The van der Waals surface area contributed by atoms with Crippen LogP contribution in [0.4, 0.5) is 11.4 Å². The predicted octanol–water partition coefficient (Wildman–Crippen LogP) is 4.02. The molecule has 4 rings (SSSR count). The van der Waals surface area contributed by atoms with Crippen LogP contribution in [-0.4, -0.2) is 43.0 Å². The smallest absolute Gasteiger partial charge is 0.257 e. The van der Waals surface area contributed by atoms with Crippen molar-refractivity contribution in [2.24, 2.45) is 0 Å². The number of amides is 2. The Labute approximate surface area is 181 Å². The first-order valence-electron chi connectivity index (χ1n) is 10.4. The molecule has 2 N–H and O–H groups in total. The summed E-state index contributed by atoms with van der Waals surface area (Å²) < 4.78 is 5.31. The molecule has 0 unspecified atom stereocenters. The van der Waals surface area contributed by atoms with Crippen molar-refractivity contribution in [1.29, 1.82) is 0 Å². The molecule has 0 aliphatic carbocycles. The predicted molar refractivity (Wildman–Crippen MR) is 121 cm³/mol. The summed E-state index contributed by atoms with van der Waals surface area (Å²) in [5.74, 6) is -0.281. The molecule has 0 bridgehead atoms. The van der Waals surface area contributed by atoms with Crippen molar-refractivity contribution in [3.05, 3.63) is 95.6 Å². The molecule has 0 atom stereocenters. The molecule has 0 saturated carbocycles. The fourth-order valence-corrected chi connectivity index (χ4v) is 3.51. The van der Waals surface area contributed by atoms with Gasteiger partial charge in [0.25, 0.3) is 11.8 Å². The van der Waals surface area contributed by atoms with Crippen LogP contribution in [0.3, 0.4) is 0 Å². The molecule has 3 aromatic carbocycles. The highest BCUT2D eigenvalue weighted by Crippen LogP contribution is 2.20. The van der Waals surface area contributed by atoms with Gasteiger partial charge < -0.3 is 20.3 Å². The second-order valence-corrected chi connectivity index (χ2v) is 7.32. The molecule has 158 valence electrons. The number of nitrogens with one attached hydrogen (secondary N) is 2. The standard InChI is InChI=1S/C25H25N3O3/c29-24(22-11-4-5-12-23(22)26-18-19-7-2-1-3-8-19)27-21-10-6-9-20(17-21)25(30)28-13-15-31-16-14-28/h1-12,17,26H,13-16,18H2,(H,27,29). The number of hydrogen-bond donors (Lipinski definition) is 2. The van der Waals surface area contributed by atoms with E-state index in [1.807, 2.05) is 48.5 Å². The first-order chi connectivity index (χ1) is 15.2. The van der Waals surface area contributed by atoms with Gasteiger partial charge in [0.15, 0.2) is 0 Å². The van der Waals surface area contributed by atoms with Gasteiger partial charge in [-0.2, -0.15) is 0 Å². The van der Waals surface area contributed by atoms with Crippen LogP contribution >= 0.6 is 0 Å². The monoisotopic (exact) mass is 415 g/mol. The summed E-state index contributed by atoms with van der Waals surface area (Å²) in [5, 5.41) is 6.26. The zero-order valence-electron chi connectivity index (χ0n) is 17.2. The average Bonchev–Trinajstić information content (AvgIpc) is 2.84. The Morgan fingerprint density at radius 2 is 1.61 bits per heavy atom. The Kier molecular flexibility index (Phi) is 6.59. The number of rotatable bonds is 6. The fourth-order valence-electron chi connectivity index (χ4n) is 3.51. The minimum absolute atomic E-state index is 0.0515. The van der Waals surface area contributed by atoms with Crippen LogP contribution in [0.15, 0.2) is 78.9 Å². The Morgan fingerprint density at radius 3 is 2.42 bits per heavy atom. The van der Waals surface area contributed by atoms with Crippen molar-refractivity contribution in [3.63, 3.8) is 0 Å². The van der Waals surface area contributed by atoms with Crippen LogP contribution in [0, 0.1) is 0 Å². The maximum absolute atomic E-state index is 13.0. The summed E-state index contributed by atoms with van der Waals surface area (Å²) in [4.78, 5) is 27.5. The maximum atomic E-state index is 13.0. The molecule has 0 spiro atoms. The minimum Gasteiger partial charge on any atom is -0.380 e. The molecule has 1 fully saturated rings. The Bertz CT molecular complexity index is 1050. The molecule has 2 amide bonds. The van der Waals surface area contributed by atoms with Crippen molar-refractivity contribution in [2.75, 3.05) is 36.9 Å². The first-order valence-corrected chi connectivity index (χ1v) is 10.4. The topological polar surface area (TPSA) is 70.7 Å². The first kappa shape index (κ1) is 20.6. The van der Waals surface area contributed by atoms with Gasteiger partial charge in [-0.15, -0.1) is 0 Å². The normalized spacial score (nSPS) is 13.5. The Morgan fingerprint density at radius 1 is 0.871 bits per heavy atom. The zero-order chi connectivity index (χ0) is 21.5. The fraction of sp³-hybridized carbons (Fsp3) is 0.200. The number of nitrogens with zero attached hydrogens (tertiary/aromatic N) is 1. The molecule has 1 saturated heterocycles. The number of morpholine rings is 1. The van der Waals surface area contributed by atoms with Crippen LogP contribution in [-0.2, 0) is 11.3 Å². The molecule has 6 nitrogen and oxygen atoms in total. The molecule has 3 aromatic rings. The van der Waals surface area contributed by atoms with E-state index in [-0.39, 0.29) is 11.8 Å². The van der Waals surface area contributed by atoms with Crippen molar-refractivity contribution in [1.82, 2.24) is 4.90 Å². The number of carbonyl (C=O) groups excluding carboxylic acids is 2. The lowest BCUT2D eigenvalue weighted by Gasteiger charge is -2.27. The Hall–Kier alpha value is -3.64. The van der Waals surface area contributed by atoms with E-state index >= 15 is 0 Å². The lowest BCUT2D eigenvalue weighted by Crippen LogP contribution is -2.40. The van der Waals surface area contributed by atoms with Crippen LogP contribution in [0.25, 0.3) is 0 Å². The molecule has 1 aliphatic heterocycles. The van der Waals surface area contributed by atoms with Crippen LogP contribution in [0.1, 0.15) is 26.3 Å². The highest BCUT2D eigenvalue weighted by atomic mass is 16.5. The van der Waals surface area contributed by atoms with E-state index in [4.69, 9.17) is 4.74 Å². The third-order valence-corrected chi connectivity index (χ3v) is 5.16. The van der Waals surface area contributed by atoms with E-state index in [9.17, 15) is 9.59 Å². The van der Waals surface area contributed by atoms with Crippen molar-refractivity contribution >= 4 is 23.2 Å². The maximum Gasteiger partial charge on any atom is 0.257 e. The van der Waals surface area contributed by atoms with Gasteiger partial charge in [0.1, 0.15) is 0 Å². The molecule has 31 heavy (non-hydrogen) atoms. The molecule has 0 radical (unpaired) electrons. The van der Waals surface area contributed by atoms with Gasteiger partial charge in [-0.25, -0.2) is 0 Å². The van der Waals surface area contributed by atoms with Gasteiger partial charge in [-0.05, 0) is 35.9 Å². The van der Waals surface area contributed by atoms with Gasteiger partial charge in [0.05, 0.1) is 18.8 Å². The summed E-state index contributed by atoms with van der Waals surface area (Å²) in [6.45, 7) is 2.88. The van der Waals surface area contributed by atoms with Gasteiger partial charge >= 0.3 is 0 Å². The lowest BCUT2D eigenvalue weighted by molar-refractivity contribution is 0.0303. The summed E-state index contributed by atoms with van der Waals surface area (Å²) in [5.41, 5.74) is 3.57. The zero-order valence-corrected chi connectivity index (χ0v) is 17.2. The average molecular weight is 415 g/mol. The summed E-state index contributed by atoms with van der Waals surface area (Å²) in [7, 11) is 0. The number of carbonyl (C=O) groups is 2. The largest absolute Gasteiger partial charge is 0.380 e. The molecule has 1 aliphatic rings. The second kappa shape index (κ2) is 9.91. The van der Waals surface area contributed by atoms with Crippen molar-refractivity contribution in [2.45, 2.75) is 6.54 Å². The van der Waals surface area contributed by atoms with Gasteiger partial charge in [0, 0.05) is 36.6 Å². The number of anilines is 2. The van der Waals surface area contributed by atoms with E-state index in [0.29, 0.717) is 49.7 Å². The summed E-state index contributed by atoms with van der Waals surface area (Å²) >= 11 is 0. The quantitative estimate of drug-likeness (QED) is 0.638. The molecule has 1 heterocycles. The molecular weight excluding hydrogens is 390 g/mol. The molecule has 6 heteroatoms. The SMILES string of the molecule is O=C(Nc1cccc(C(=O)N2CCOCC2)c1)c1ccccc1NCc1ccccc1. The van der Waals surface area contributed by atoms with Gasteiger partial charge in [-0.3, -0.25) is 9.59 Å². The summed E-state index contributed by atoms with van der Waals surface area (Å²) in [6, 6.07) is 24.5. The van der Waals surface area contributed by atoms with Crippen LogP contribution < -0.4 is 10.6 Å². The number of para-hydroxylation sites is 1. The van der Waals surface area contributed by atoms with Crippen LogP contribution in [0.5, 0.6) is 0 Å². The van der Waals surface area contributed by atoms with Gasteiger partial charge in [0.2, 0.25) is 0 Å². The third kappa shape index (κ3) is 5.29. The number of benzene rings is 3.